The fourth-order valence-electron chi connectivity index (χ4n) is 2.37. The second-order valence-corrected chi connectivity index (χ2v) is 7.50. The maximum atomic E-state index is 12.4. The highest BCUT2D eigenvalue weighted by Crippen LogP contribution is 2.18. The van der Waals surface area contributed by atoms with E-state index in [1.165, 1.54) is 0 Å². The van der Waals surface area contributed by atoms with E-state index in [9.17, 15) is 13.2 Å². The third kappa shape index (κ3) is 5.30. The number of benzene rings is 1. The summed E-state index contributed by atoms with van der Waals surface area (Å²) in [6, 6.07) is 5.99. The first-order valence-electron chi connectivity index (χ1n) is 7.92. The number of aromatic nitrogens is 2. The Balaban J connectivity index is 2.04. The van der Waals surface area contributed by atoms with E-state index >= 15 is 0 Å². The van der Waals surface area contributed by atoms with Crippen molar-refractivity contribution in [2.24, 2.45) is 7.05 Å². The van der Waals surface area contributed by atoms with E-state index in [1.54, 1.807) is 62.4 Å². The number of rotatable bonds is 8. The molecule has 25 heavy (non-hydrogen) atoms. The molecule has 1 aromatic heterocycles. The van der Waals surface area contributed by atoms with E-state index in [-0.39, 0.29) is 11.7 Å². The fourth-order valence-corrected chi connectivity index (χ4v) is 3.51. The van der Waals surface area contributed by atoms with Gasteiger partial charge in [-0.3, -0.25) is 14.2 Å². The van der Waals surface area contributed by atoms with Crippen molar-refractivity contribution in [2.45, 2.75) is 19.4 Å². The second kappa shape index (κ2) is 8.13. The van der Waals surface area contributed by atoms with Gasteiger partial charge >= 0.3 is 0 Å². The van der Waals surface area contributed by atoms with Crippen molar-refractivity contribution in [3.8, 4) is 0 Å². The van der Waals surface area contributed by atoms with Gasteiger partial charge in [-0.1, -0.05) is 6.92 Å². The van der Waals surface area contributed by atoms with Gasteiger partial charge in [0, 0.05) is 30.2 Å². The van der Waals surface area contributed by atoms with E-state index in [1.807, 2.05) is 0 Å². The molecule has 0 saturated heterocycles. The molecule has 0 bridgehead atoms. The van der Waals surface area contributed by atoms with Crippen LogP contribution < -0.4 is 15.4 Å². The van der Waals surface area contributed by atoms with Crippen molar-refractivity contribution in [3.63, 3.8) is 0 Å². The topological polar surface area (TPSA) is 105 Å². The molecule has 2 rings (SSSR count). The summed E-state index contributed by atoms with van der Waals surface area (Å²) in [5.41, 5.74) is 1.79. The van der Waals surface area contributed by atoms with Gasteiger partial charge in [0.15, 0.2) is 0 Å². The van der Waals surface area contributed by atoms with E-state index in [0.717, 1.165) is 5.56 Å². The van der Waals surface area contributed by atoms with Gasteiger partial charge in [-0.05, 0) is 37.7 Å². The molecule has 0 saturated carbocycles. The molecule has 3 N–H and O–H groups in total. The monoisotopic (exact) mass is 365 g/mol. The Bertz CT molecular complexity index is 815. The largest absolute Gasteiger partial charge is 0.324 e. The quantitative estimate of drug-likeness (QED) is 0.657. The number of sulfonamides is 1. The number of hydrogen-bond donors (Lipinski definition) is 3. The van der Waals surface area contributed by atoms with Crippen LogP contribution in [-0.4, -0.2) is 36.9 Å². The average Bonchev–Trinajstić information content (AvgIpc) is 2.96. The zero-order chi connectivity index (χ0) is 18.4. The molecule has 9 heteroatoms. The predicted octanol–water partition coefficient (Wildman–Crippen LogP) is 1.47. The third-order valence-corrected chi connectivity index (χ3v) is 5.00. The fraction of sp³-hybridized carbons (Fsp3) is 0.375. The minimum absolute atomic E-state index is 0.0699. The van der Waals surface area contributed by atoms with Crippen LogP contribution in [0, 0.1) is 0 Å². The third-order valence-electron chi connectivity index (χ3n) is 3.51. The SMILES string of the molecule is CCCS(=O)(=O)Nc1ccc(NC(=O)C(NC)c2cnn(C)c2)cc1. The summed E-state index contributed by atoms with van der Waals surface area (Å²) in [5, 5.41) is 9.82. The minimum Gasteiger partial charge on any atom is -0.324 e. The summed E-state index contributed by atoms with van der Waals surface area (Å²) in [4.78, 5) is 12.4. The Hall–Kier alpha value is -2.39. The van der Waals surface area contributed by atoms with Crippen LogP contribution in [0.4, 0.5) is 11.4 Å². The van der Waals surface area contributed by atoms with E-state index in [0.29, 0.717) is 17.8 Å². The summed E-state index contributed by atoms with van der Waals surface area (Å²) >= 11 is 0. The van der Waals surface area contributed by atoms with Gasteiger partial charge < -0.3 is 10.6 Å². The number of carbonyl (C=O) groups is 1. The van der Waals surface area contributed by atoms with Crippen molar-refractivity contribution in [2.75, 3.05) is 22.8 Å². The molecule has 136 valence electrons. The number of anilines is 2. The van der Waals surface area contributed by atoms with Crippen LogP contribution in [0.2, 0.25) is 0 Å². The zero-order valence-electron chi connectivity index (χ0n) is 14.5. The Labute approximate surface area is 147 Å². The van der Waals surface area contributed by atoms with Crippen LogP contribution in [0.1, 0.15) is 24.9 Å². The lowest BCUT2D eigenvalue weighted by Gasteiger charge is -2.15. The van der Waals surface area contributed by atoms with E-state index in [2.05, 4.69) is 20.5 Å². The van der Waals surface area contributed by atoms with Crippen LogP contribution in [-0.2, 0) is 21.9 Å². The van der Waals surface area contributed by atoms with Crippen molar-refractivity contribution in [3.05, 3.63) is 42.2 Å². The highest BCUT2D eigenvalue weighted by Gasteiger charge is 2.20. The number of amides is 1. The smallest absolute Gasteiger partial charge is 0.246 e. The van der Waals surface area contributed by atoms with Crippen molar-refractivity contribution >= 4 is 27.3 Å². The standard InChI is InChI=1S/C16H23N5O3S/c1-4-9-25(23,24)20-14-7-5-13(6-8-14)19-16(22)15(17-2)12-10-18-21(3)11-12/h5-8,10-11,15,17,20H,4,9H2,1-3H3,(H,19,22). The molecule has 1 unspecified atom stereocenters. The van der Waals surface area contributed by atoms with Gasteiger partial charge in [-0.2, -0.15) is 5.10 Å². The molecule has 1 heterocycles. The number of carbonyl (C=O) groups excluding carboxylic acids is 1. The number of aryl methyl sites for hydroxylation is 1. The van der Waals surface area contributed by atoms with Gasteiger partial charge in [0.1, 0.15) is 6.04 Å². The highest BCUT2D eigenvalue weighted by atomic mass is 32.2. The molecule has 1 amide bonds. The molecule has 0 radical (unpaired) electrons. The minimum atomic E-state index is -3.33. The van der Waals surface area contributed by atoms with Crippen molar-refractivity contribution in [1.29, 1.82) is 0 Å². The molecular weight excluding hydrogens is 342 g/mol. The van der Waals surface area contributed by atoms with Crippen LogP contribution in [0.3, 0.4) is 0 Å². The first-order valence-corrected chi connectivity index (χ1v) is 9.57. The maximum Gasteiger partial charge on any atom is 0.246 e. The van der Waals surface area contributed by atoms with Crippen molar-refractivity contribution < 1.29 is 13.2 Å². The number of nitrogens with one attached hydrogen (secondary N) is 3. The normalized spacial score (nSPS) is 12.6. The summed E-state index contributed by atoms with van der Waals surface area (Å²) in [6.45, 7) is 1.80. The molecule has 0 aliphatic rings. The highest BCUT2D eigenvalue weighted by molar-refractivity contribution is 7.92. The lowest BCUT2D eigenvalue weighted by molar-refractivity contribution is -0.118. The molecule has 1 aromatic carbocycles. The molecule has 0 aliphatic heterocycles. The zero-order valence-corrected chi connectivity index (χ0v) is 15.3. The molecule has 0 aliphatic carbocycles. The van der Waals surface area contributed by atoms with Gasteiger partial charge in [0.05, 0.1) is 11.9 Å². The number of nitrogens with zero attached hydrogens (tertiary/aromatic N) is 2. The second-order valence-electron chi connectivity index (χ2n) is 5.66. The Morgan fingerprint density at radius 1 is 1.24 bits per heavy atom. The van der Waals surface area contributed by atoms with Crippen LogP contribution >= 0.6 is 0 Å². The van der Waals surface area contributed by atoms with Crippen molar-refractivity contribution in [1.82, 2.24) is 15.1 Å². The number of likely N-dealkylation sites (N-methyl/N-ethyl adjacent to an activating group) is 1. The molecule has 2 aromatic rings. The van der Waals surface area contributed by atoms with Crippen LogP contribution in [0.25, 0.3) is 0 Å². The van der Waals surface area contributed by atoms with E-state index in [4.69, 9.17) is 0 Å². The summed E-state index contributed by atoms with van der Waals surface area (Å²) < 4.78 is 27.6. The molecular formula is C16H23N5O3S. The Morgan fingerprint density at radius 2 is 1.88 bits per heavy atom. The lowest BCUT2D eigenvalue weighted by Crippen LogP contribution is -2.30. The average molecular weight is 365 g/mol. The van der Waals surface area contributed by atoms with Gasteiger partial charge in [0.2, 0.25) is 15.9 Å². The molecule has 0 spiro atoms. The van der Waals surface area contributed by atoms with Gasteiger partial charge in [-0.25, -0.2) is 8.42 Å². The first-order chi connectivity index (χ1) is 11.8. The summed E-state index contributed by atoms with van der Waals surface area (Å²) in [7, 11) is 0.153. The number of hydrogen-bond acceptors (Lipinski definition) is 5. The van der Waals surface area contributed by atoms with Crippen LogP contribution in [0.5, 0.6) is 0 Å². The Kier molecular flexibility index (Phi) is 6.16. The summed E-state index contributed by atoms with van der Waals surface area (Å²) in [6.07, 6.45) is 3.95. The Morgan fingerprint density at radius 3 is 2.40 bits per heavy atom. The molecule has 8 nitrogen and oxygen atoms in total. The lowest BCUT2D eigenvalue weighted by atomic mass is 10.1. The van der Waals surface area contributed by atoms with E-state index < -0.39 is 16.1 Å². The molecule has 0 fully saturated rings. The maximum absolute atomic E-state index is 12.4. The molecule has 1 atom stereocenters. The summed E-state index contributed by atoms with van der Waals surface area (Å²) in [5.74, 6) is -0.157. The predicted molar refractivity (Wildman–Crippen MR) is 97.8 cm³/mol. The van der Waals surface area contributed by atoms with Gasteiger partial charge in [0.25, 0.3) is 0 Å². The van der Waals surface area contributed by atoms with Gasteiger partial charge in [-0.15, -0.1) is 0 Å². The first kappa shape index (κ1) is 18.9. The van der Waals surface area contributed by atoms with Crippen LogP contribution in [0.15, 0.2) is 36.7 Å².